The van der Waals surface area contributed by atoms with Crippen LogP contribution >= 0.6 is 11.3 Å². The smallest absolute Gasteiger partial charge is 0.224 e. The molecule has 0 radical (unpaired) electrons. The van der Waals surface area contributed by atoms with Gasteiger partial charge in [-0.05, 0) is 30.7 Å². The summed E-state index contributed by atoms with van der Waals surface area (Å²) in [6.07, 6.45) is 2.68. The van der Waals surface area contributed by atoms with Gasteiger partial charge in [-0.1, -0.05) is 6.07 Å². The molecule has 1 aliphatic heterocycles. The summed E-state index contributed by atoms with van der Waals surface area (Å²) < 4.78 is 0. The largest absolute Gasteiger partial charge is 0.355 e. The second-order valence-electron chi connectivity index (χ2n) is 4.92. The lowest BCUT2D eigenvalue weighted by atomic mass is 9.97. The first-order valence-electron chi connectivity index (χ1n) is 6.72. The molecule has 19 heavy (non-hydrogen) atoms. The van der Waals surface area contributed by atoms with Crippen LogP contribution in [0.5, 0.6) is 0 Å². The minimum atomic E-state index is -0.0408. The summed E-state index contributed by atoms with van der Waals surface area (Å²) in [5, 5.41) is 5.02. The van der Waals surface area contributed by atoms with Crippen LogP contribution in [0.1, 0.15) is 24.6 Å². The van der Waals surface area contributed by atoms with E-state index in [1.54, 1.807) is 23.2 Å². The first-order chi connectivity index (χ1) is 9.16. The normalized spacial score (nSPS) is 19.2. The van der Waals surface area contributed by atoms with Gasteiger partial charge >= 0.3 is 0 Å². The molecule has 0 aliphatic carbocycles. The van der Waals surface area contributed by atoms with E-state index >= 15 is 0 Å². The summed E-state index contributed by atoms with van der Waals surface area (Å²) in [5.74, 6) is 0.111. The van der Waals surface area contributed by atoms with Crippen LogP contribution in [0, 0.1) is 5.92 Å². The van der Waals surface area contributed by atoms with Gasteiger partial charge in [0.05, 0.1) is 5.92 Å². The number of amides is 2. The van der Waals surface area contributed by atoms with Crippen molar-refractivity contribution in [3.63, 3.8) is 0 Å². The third kappa shape index (κ3) is 4.06. The maximum Gasteiger partial charge on any atom is 0.224 e. The zero-order chi connectivity index (χ0) is 13.7. The summed E-state index contributed by atoms with van der Waals surface area (Å²) in [6.45, 7) is 3.60. The highest BCUT2D eigenvalue weighted by Gasteiger charge is 2.26. The summed E-state index contributed by atoms with van der Waals surface area (Å²) in [4.78, 5) is 26.4. The van der Waals surface area contributed by atoms with Crippen LogP contribution in [0.25, 0.3) is 0 Å². The van der Waals surface area contributed by atoms with Crippen molar-refractivity contribution in [2.24, 2.45) is 5.92 Å². The van der Waals surface area contributed by atoms with Crippen LogP contribution < -0.4 is 5.32 Å². The zero-order valence-electron chi connectivity index (χ0n) is 11.2. The highest BCUT2D eigenvalue weighted by Crippen LogP contribution is 2.16. The maximum absolute atomic E-state index is 12.0. The molecule has 0 spiro atoms. The molecule has 1 N–H and O–H groups in total. The lowest BCUT2D eigenvalue weighted by Gasteiger charge is -2.31. The van der Waals surface area contributed by atoms with Gasteiger partial charge in [-0.15, -0.1) is 11.3 Å². The van der Waals surface area contributed by atoms with Crippen LogP contribution in [0.15, 0.2) is 17.5 Å². The topological polar surface area (TPSA) is 49.4 Å². The van der Waals surface area contributed by atoms with Gasteiger partial charge in [-0.2, -0.15) is 0 Å². The van der Waals surface area contributed by atoms with Crippen LogP contribution in [-0.4, -0.2) is 36.3 Å². The molecular weight excluding hydrogens is 260 g/mol. The highest BCUT2D eigenvalue weighted by molar-refractivity contribution is 7.09. The molecule has 1 saturated heterocycles. The van der Waals surface area contributed by atoms with E-state index in [0.717, 1.165) is 25.8 Å². The van der Waals surface area contributed by atoms with Gasteiger partial charge in [0.2, 0.25) is 11.8 Å². The average Bonchev–Trinajstić information content (AvgIpc) is 2.92. The SMILES string of the molecule is CC(=O)N1CCCC(C(=O)NCCc2cccs2)C1. The van der Waals surface area contributed by atoms with Crippen LogP contribution in [0.3, 0.4) is 0 Å². The Labute approximate surface area is 117 Å². The van der Waals surface area contributed by atoms with Crippen LogP contribution in [-0.2, 0) is 16.0 Å². The monoisotopic (exact) mass is 280 g/mol. The Balaban J connectivity index is 1.74. The Hall–Kier alpha value is -1.36. The van der Waals surface area contributed by atoms with Crippen molar-refractivity contribution in [3.8, 4) is 0 Å². The number of hydrogen-bond acceptors (Lipinski definition) is 3. The second-order valence-corrected chi connectivity index (χ2v) is 5.96. The molecule has 2 amide bonds. The molecule has 0 aromatic carbocycles. The number of piperidine rings is 1. The Morgan fingerprint density at radius 1 is 1.53 bits per heavy atom. The minimum Gasteiger partial charge on any atom is -0.355 e. The van der Waals surface area contributed by atoms with Crippen molar-refractivity contribution in [1.29, 1.82) is 0 Å². The number of carbonyl (C=O) groups excluding carboxylic acids is 2. The van der Waals surface area contributed by atoms with E-state index in [9.17, 15) is 9.59 Å². The van der Waals surface area contributed by atoms with Gasteiger partial charge in [0, 0.05) is 31.4 Å². The molecule has 4 nitrogen and oxygen atoms in total. The first-order valence-corrected chi connectivity index (χ1v) is 7.60. The molecule has 1 aliphatic rings. The fourth-order valence-corrected chi connectivity index (χ4v) is 3.09. The maximum atomic E-state index is 12.0. The molecule has 5 heteroatoms. The number of carbonyl (C=O) groups is 2. The van der Waals surface area contributed by atoms with Crippen molar-refractivity contribution >= 4 is 23.2 Å². The predicted octanol–water partition coefficient (Wildman–Crippen LogP) is 1.67. The van der Waals surface area contributed by atoms with E-state index in [1.165, 1.54) is 4.88 Å². The first kappa shape index (κ1) is 14.1. The molecule has 2 heterocycles. The molecule has 2 rings (SSSR count). The van der Waals surface area contributed by atoms with Crippen molar-refractivity contribution in [2.45, 2.75) is 26.2 Å². The lowest BCUT2D eigenvalue weighted by Crippen LogP contribution is -2.45. The van der Waals surface area contributed by atoms with E-state index in [4.69, 9.17) is 0 Å². The Morgan fingerprint density at radius 2 is 2.37 bits per heavy atom. The molecule has 0 saturated carbocycles. The number of rotatable bonds is 4. The highest BCUT2D eigenvalue weighted by atomic mass is 32.1. The van der Waals surface area contributed by atoms with Gasteiger partial charge < -0.3 is 10.2 Å². The van der Waals surface area contributed by atoms with Crippen molar-refractivity contribution < 1.29 is 9.59 Å². The van der Waals surface area contributed by atoms with Gasteiger partial charge in [0.15, 0.2) is 0 Å². The predicted molar refractivity (Wildman–Crippen MR) is 76.0 cm³/mol. The van der Waals surface area contributed by atoms with Gasteiger partial charge in [0.25, 0.3) is 0 Å². The molecular formula is C14H20N2O2S. The van der Waals surface area contributed by atoms with Crippen molar-refractivity contribution in [1.82, 2.24) is 10.2 Å². The Morgan fingerprint density at radius 3 is 3.05 bits per heavy atom. The van der Waals surface area contributed by atoms with E-state index < -0.39 is 0 Å². The number of nitrogens with zero attached hydrogens (tertiary/aromatic N) is 1. The molecule has 1 aromatic heterocycles. The van der Waals surface area contributed by atoms with Crippen molar-refractivity contribution in [3.05, 3.63) is 22.4 Å². The fraction of sp³-hybridized carbons (Fsp3) is 0.571. The number of hydrogen-bond donors (Lipinski definition) is 1. The standard InChI is InChI=1S/C14H20N2O2S/c1-11(17)16-8-2-4-12(10-16)14(18)15-7-6-13-5-3-9-19-13/h3,5,9,12H,2,4,6-8,10H2,1H3,(H,15,18). The second kappa shape index (κ2) is 6.70. The lowest BCUT2D eigenvalue weighted by molar-refractivity contribution is -0.133. The summed E-state index contributed by atoms with van der Waals surface area (Å²) in [6, 6.07) is 4.10. The summed E-state index contributed by atoms with van der Waals surface area (Å²) in [5.41, 5.74) is 0. The third-order valence-corrected chi connectivity index (χ3v) is 4.42. The molecule has 1 unspecified atom stereocenters. The fourth-order valence-electron chi connectivity index (χ4n) is 2.39. The molecule has 1 aromatic rings. The number of nitrogens with one attached hydrogen (secondary N) is 1. The molecule has 0 bridgehead atoms. The quantitative estimate of drug-likeness (QED) is 0.912. The number of thiophene rings is 1. The average molecular weight is 280 g/mol. The van der Waals surface area contributed by atoms with E-state index in [0.29, 0.717) is 13.1 Å². The molecule has 104 valence electrons. The van der Waals surface area contributed by atoms with Crippen LogP contribution in [0.4, 0.5) is 0 Å². The van der Waals surface area contributed by atoms with E-state index in [-0.39, 0.29) is 17.7 Å². The molecule has 1 fully saturated rings. The van der Waals surface area contributed by atoms with Gasteiger partial charge in [-0.25, -0.2) is 0 Å². The van der Waals surface area contributed by atoms with E-state index in [1.807, 2.05) is 11.4 Å². The van der Waals surface area contributed by atoms with Crippen LogP contribution in [0.2, 0.25) is 0 Å². The van der Waals surface area contributed by atoms with E-state index in [2.05, 4.69) is 11.4 Å². The third-order valence-electron chi connectivity index (χ3n) is 3.49. The zero-order valence-corrected chi connectivity index (χ0v) is 12.0. The summed E-state index contributed by atoms with van der Waals surface area (Å²) in [7, 11) is 0. The van der Waals surface area contributed by atoms with Crippen molar-refractivity contribution in [2.75, 3.05) is 19.6 Å². The van der Waals surface area contributed by atoms with Gasteiger partial charge in [0.1, 0.15) is 0 Å². The molecule has 1 atom stereocenters. The Kier molecular flexibility index (Phi) is 4.96. The summed E-state index contributed by atoms with van der Waals surface area (Å²) >= 11 is 1.71. The number of likely N-dealkylation sites (tertiary alicyclic amines) is 1. The van der Waals surface area contributed by atoms with Gasteiger partial charge in [-0.3, -0.25) is 9.59 Å². The minimum absolute atomic E-state index is 0.0408. The Bertz CT molecular complexity index is 431.